The molecule has 1 saturated carbocycles. The van der Waals surface area contributed by atoms with Crippen molar-refractivity contribution in [2.75, 3.05) is 29.4 Å². The van der Waals surface area contributed by atoms with Crippen LogP contribution in [0.25, 0.3) is 0 Å². The standard InChI is InChI=1S/C29H25ClF3N7O2/c30-18-7-21(24(25(32)33)36-11-18)27(41)38-20-4-1-16(2-5-20)12-40-23-8-19(31)3-6-22(23)29(28(40)42)13-39(14-29)26-17(9-34)10-35-15-37-26/h3,6-8,10-11,15-16,20,25H,1-2,4-5,12-14H2,(H,38,41). The molecule has 42 heavy (non-hydrogen) atoms. The number of nitrogens with zero attached hydrogens (tertiary/aromatic N) is 6. The van der Waals surface area contributed by atoms with E-state index in [0.717, 1.165) is 11.8 Å². The number of nitrogens with one attached hydrogen (secondary N) is 1. The smallest absolute Gasteiger partial charge is 0.281 e. The minimum absolute atomic E-state index is 0.0927. The number of pyridine rings is 1. The number of halogens is 4. The minimum Gasteiger partial charge on any atom is -0.352 e. The molecule has 0 unspecified atom stereocenters. The summed E-state index contributed by atoms with van der Waals surface area (Å²) in [4.78, 5) is 42.0. The Morgan fingerprint density at radius 2 is 1.93 bits per heavy atom. The largest absolute Gasteiger partial charge is 0.352 e. The highest BCUT2D eigenvalue weighted by Gasteiger charge is 2.59. The molecule has 3 aromatic rings. The second-order valence-electron chi connectivity index (χ2n) is 11.0. The van der Waals surface area contributed by atoms with E-state index in [4.69, 9.17) is 11.6 Å². The van der Waals surface area contributed by atoms with Crippen molar-refractivity contribution in [3.05, 3.63) is 76.2 Å². The number of carbonyl (C=O) groups excluding carboxylic acids is 2. The predicted molar refractivity (Wildman–Crippen MR) is 147 cm³/mol. The lowest BCUT2D eigenvalue weighted by molar-refractivity contribution is -0.124. The molecule has 1 spiro atoms. The summed E-state index contributed by atoms with van der Waals surface area (Å²) in [6.45, 7) is 1.01. The first-order valence-electron chi connectivity index (χ1n) is 13.5. The third kappa shape index (κ3) is 4.81. The second kappa shape index (κ2) is 10.9. The van der Waals surface area contributed by atoms with Crippen molar-refractivity contribution in [1.29, 1.82) is 5.26 Å². The zero-order valence-electron chi connectivity index (χ0n) is 22.2. The van der Waals surface area contributed by atoms with E-state index in [2.05, 4.69) is 26.3 Å². The van der Waals surface area contributed by atoms with Gasteiger partial charge in [-0.1, -0.05) is 17.7 Å². The molecule has 4 heterocycles. The number of fused-ring (bicyclic) bond motifs is 2. The Bertz CT molecular complexity index is 1600. The van der Waals surface area contributed by atoms with Crippen LogP contribution in [-0.2, 0) is 10.2 Å². The molecular weight excluding hydrogens is 571 g/mol. The van der Waals surface area contributed by atoms with E-state index in [-0.39, 0.29) is 28.5 Å². The topological polar surface area (TPSA) is 115 Å². The Kier molecular flexibility index (Phi) is 7.22. The van der Waals surface area contributed by atoms with E-state index in [9.17, 15) is 28.0 Å². The highest BCUT2D eigenvalue weighted by molar-refractivity contribution is 6.30. The van der Waals surface area contributed by atoms with Gasteiger partial charge < -0.3 is 15.1 Å². The van der Waals surface area contributed by atoms with E-state index in [1.165, 1.54) is 30.7 Å². The van der Waals surface area contributed by atoms with Crippen LogP contribution in [0.4, 0.5) is 24.7 Å². The first kappa shape index (κ1) is 27.9. The maximum Gasteiger partial charge on any atom is 0.281 e. The van der Waals surface area contributed by atoms with Crippen LogP contribution in [0.5, 0.6) is 0 Å². The quantitative estimate of drug-likeness (QED) is 0.444. The molecule has 1 N–H and O–H groups in total. The van der Waals surface area contributed by atoms with Gasteiger partial charge in [0, 0.05) is 31.9 Å². The fourth-order valence-electron chi connectivity index (χ4n) is 6.33. The molecule has 0 bridgehead atoms. The van der Waals surface area contributed by atoms with Gasteiger partial charge >= 0.3 is 0 Å². The van der Waals surface area contributed by atoms with Crippen molar-refractivity contribution in [3.8, 4) is 6.07 Å². The molecule has 6 rings (SSSR count). The molecule has 1 aliphatic carbocycles. The molecular formula is C29H25ClF3N7O2. The van der Waals surface area contributed by atoms with E-state index in [1.807, 2.05) is 4.90 Å². The van der Waals surface area contributed by atoms with Crippen molar-refractivity contribution in [3.63, 3.8) is 0 Å². The Labute approximate surface area is 244 Å². The predicted octanol–water partition coefficient (Wildman–Crippen LogP) is 4.57. The summed E-state index contributed by atoms with van der Waals surface area (Å²) in [6.07, 6.45) is 3.51. The van der Waals surface area contributed by atoms with Crippen LogP contribution in [-0.4, -0.2) is 52.4 Å². The van der Waals surface area contributed by atoms with Gasteiger partial charge in [0.1, 0.15) is 40.7 Å². The van der Waals surface area contributed by atoms with Crippen LogP contribution in [0.2, 0.25) is 5.02 Å². The Balaban J connectivity index is 1.13. The summed E-state index contributed by atoms with van der Waals surface area (Å²) >= 11 is 5.89. The van der Waals surface area contributed by atoms with Gasteiger partial charge in [0.15, 0.2) is 0 Å². The monoisotopic (exact) mass is 595 g/mol. The summed E-state index contributed by atoms with van der Waals surface area (Å²) < 4.78 is 41.1. The van der Waals surface area contributed by atoms with Gasteiger partial charge in [-0.3, -0.25) is 14.6 Å². The average molecular weight is 596 g/mol. The maximum absolute atomic E-state index is 14.4. The van der Waals surface area contributed by atoms with Gasteiger partial charge in [-0.05, 0) is 55.4 Å². The molecule has 0 radical (unpaired) electrons. The minimum atomic E-state index is -2.91. The number of nitriles is 1. The number of hydrogen-bond acceptors (Lipinski definition) is 7. The Morgan fingerprint density at radius 3 is 2.64 bits per heavy atom. The summed E-state index contributed by atoms with van der Waals surface area (Å²) in [7, 11) is 0. The van der Waals surface area contributed by atoms with Crippen LogP contribution >= 0.6 is 11.6 Å². The lowest BCUT2D eigenvalue weighted by Gasteiger charge is -2.47. The summed E-state index contributed by atoms with van der Waals surface area (Å²) in [5, 5.41) is 12.4. The van der Waals surface area contributed by atoms with Crippen molar-refractivity contribution in [2.24, 2.45) is 5.92 Å². The lowest BCUT2D eigenvalue weighted by Crippen LogP contribution is -2.64. The van der Waals surface area contributed by atoms with E-state index < -0.39 is 29.3 Å². The molecule has 2 amide bonds. The van der Waals surface area contributed by atoms with Gasteiger partial charge in [-0.25, -0.2) is 23.1 Å². The van der Waals surface area contributed by atoms with Gasteiger partial charge in [-0.15, -0.1) is 0 Å². The number of anilines is 2. The number of aromatic nitrogens is 3. The van der Waals surface area contributed by atoms with Gasteiger partial charge in [-0.2, -0.15) is 5.26 Å². The fraction of sp³-hybridized carbons (Fsp3) is 0.379. The fourth-order valence-corrected chi connectivity index (χ4v) is 6.49. The van der Waals surface area contributed by atoms with E-state index >= 15 is 0 Å². The SMILES string of the molecule is N#Cc1cncnc1N1CC2(C1)C(=O)N(CC1CCC(NC(=O)c3cc(Cl)cnc3C(F)F)CC1)c1cc(F)ccc12. The number of benzene rings is 1. The second-order valence-corrected chi connectivity index (χ2v) is 11.4. The molecule has 2 aliphatic heterocycles. The molecule has 2 fully saturated rings. The summed E-state index contributed by atoms with van der Waals surface area (Å²) in [6, 6.07) is 7.45. The van der Waals surface area contributed by atoms with Crippen molar-refractivity contribution < 1.29 is 22.8 Å². The van der Waals surface area contributed by atoms with Crippen LogP contribution in [0.15, 0.2) is 43.0 Å². The third-order valence-corrected chi connectivity index (χ3v) is 8.62. The Morgan fingerprint density at radius 1 is 1.17 bits per heavy atom. The Hall–Kier alpha value is -4.24. The van der Waals surface area contributed by atoms with Crippen LogP contribution in [0.1, 0.15) is 59.3 Å². The molecule has 1 saturated heterocycles. The first-order chi connectivity index (χ1) is 20.2. The zero-order chi connectivity index (χ0) is 29.6. The number of carbonyl (C=O) groups is 2. The lowest BCUT2D eigenvalue weighted by atomic mass is 9.74. The summed E-state index contributed by atoms with van der Waals surface area (Å²) in [5.41, 5.74) is -0.107. The molecule has 0 atom stereocenters. The maximum atomic E-state index is 14.4. The number of alkyl halides is 2. The highest BCUT2D eigenvalue weighted by atomic mass is 35.5. The highest BCUT2D eigenvalue weighted by Crippen LogP contribution is 2.49. The molecule has 9 nitrogen and oxygen atoms in total. The zero-order valence-corrected chi connectivity index (χ0v) is 23.0. The third-order valence-electron chi connectivity index (χ3n) is 8.41. The van der Waals surface area contributed by atoms with Gasteiger partial charge in [0.05, 0.1) is 22.5 Å². The van der Waals surface area contributed by atoms with Gasteiger partial charge in [0.2, 0.25) is 5.91 Å². The number of rotatable bonds is 6. The molecule has 3 aliphatic rings. The normalized spacial score (nSPS) is 20.8. The summed E-state index contributed by atoms with van der Waals surface area (Å²) in [5.74, 6) is -0.644. The van der Waals surface area contributed by atoms with Crippen LogP contribution in [0.3, 0.4) is 0 Å². The van der Waals surface area contributed by atoms with Crippen molar-refractivity contribution in [2.45, 2.75) is 43.6 Å². The molecule has 1 aromatic carbocycles. The molecule has 216 valence electrons. The van der Waals surface area contributed by atoms with E-state index in [1.54, 1.807) is 11.0 Å². The van der Waals surface area contributed by atoms with Gasteiger partial charge in [0.25, 0.3) is 12.3 Å². The first-order valence-corrected chi connectivity index (χ1v) is 13.9. The number of hydrogen-bond donors (Lipinski definition) is 1. The number of amides is 2. The van der Waals surface area contributed by atoms with Crippen molar-refractivity contribution >= 4 is 34.9 Å². The average Bonchev–Trinajstić information content (AvgIpc) is 3.19. The van der Waals surface area contributed by atoms with Crippen LogP contribution < -0.4 is 15.1 Å². The van der Waals surface area contributed by atoms with Crippen LogP contribution in [0, 0.1) is 23.1 Å². The molecule has 13 heteroatoms. The van der Waals surface area contributed by atoms with E-state index in [0.29, 0.717) is 62.4 Å². The molecule has 2 aromatic heterocycles. The van der Waals surface area contributed by atoms with Crippen molar-refractivity contribution in [1.82, 2.24) is 20.3 Å².